The molecule has 0 aromatic heterocycles. The largest absolute Gasteiger partial charge is 0.368 e. The van der Waals surface area contributed by atoms with Gasteiger partial charge in [-0.25, -0.2) is 0 Å². The van der Waals surface area contributed by atoms with Crippen molar-refractivity contribution in [3.8, 4) is 0 Å². The van der Waals surface area contributed by atoms with Crippen molar-refractivity contribution in [1.82, 2.24) is 10.2 Å². The van der Waals surface area contributed by atoms with E-state index in [-0.39, 0.29) is 12.0 Å². The highest BCUT2D eigenvalue weighted by molar-refractivity contribution is 5.81. The lowest BCUT2D eigenvalue weighted by Crippen LogP contribution is -2.42. The van der Waals surface area contributed by atoms with Crippen LogP contribution in [0.3, 0.4) is 0 Å². The molecule has 2 aliphatic heterocycles. The van der Waals surface area contributed by atoms with Crippen molar-refractivity contribution in [2.75, 3.05) is 33.3 Å². The predicted octanol–water partition coefficient (Wildman–Crippen LogP) is 0.869. The zero-order valence-corrected chi connectivity index (χ0v) is 10.9. The molecule has 98 valence electrons. The molecule has 2 unspecified atom stereocenters. The second kappa shape index (κ2) is 5.83. The second-order valence-electron chi connectivity index (χ2n) is 5.47. The third kappa shape index (κ3) is 3.19. The topological polar surface area (TPSA) is 41.6 Å². The number of carbonyl (C=O) groups is 1. The van der Waals surface area contributed by atoms with Gasteiger partial charge in [-0.05, 0) is 44.2 Å². The summed E-state index contributed by atoms with van der Waals surface area (Å²) in [5, 5.41) is 3.35. The summed E-state index contributed by atoms with van der Waals surface area (Å²) in [6.45, 7) is 5.89. The van der Waals surface area contributed by atoms with Crippen LogP contribution in [0.5, 0.6) is 0 Å². The summed E-state index contributed by atoms with van der Waals surface area (Å²) in [4.78, 5) is 14.1. The van der Waals surface area contributed by atoms with Crippen molar-refractivity contribution in [2.45, 2.75) is 32.3 Å². The van der Waals surface area contributed by atoms with E-state index in [1.165, 1.54) is 12.8 Å². The Morgan fingerprint density at radius 2 is 2.06 bits per heavy atom. The number of nitrogens with zero attached hydrogens (tertiary/aromatic N) is 1. The Morgan fingerprint density at radius 3 is 2.65 bits per heavy atom. The van der Waals surface area contributed by atoms with E-state index in [1.807, 2.05) is 11.9 Å². The molecule has 1 amide bonds. The normalized spacial score (nSPS) is 30.5. The molecule has 0 aromatic carbocycles. The van der Waals surface area contributed by atoms with E-state index in [0.717, 1.165) is 32.7 Å². The minimum Gasteiger partial charge on any atom is -0.368 e. The van der Waals surface area contributed by atoms with Crippen LogP contribution >= 0.6 is 0 Å². The van der Waals surface area contributed by atoms with Crippen LogP contribution in [0.1, 0.15) is 26.2 Å². The van der Waals surface area contributed by atoms with Gasteiger partial charge in [-0.1, -0.05) is 6.92 Å². The Labute approximate surface area is 104 Å². The molecule has 17 heavy (non-hydrogen) atoms. The summed E-state index contributed by atoms with van der Waals surface area (Å²) in [5.74, 6) is 1.20. The minimum absolute atomic E-state index is 0.175. The maximum absolute atomic E-state index is 12.2. The molecule has 0 bridgehead atoms. The lowest BCUT2D eigenvalue weighted by atomic mass is 9.97. The van der Waals surface area contributed by atoms with E-state index >= 15 is 0 Å². The van der Waals surface area contributed by atoms with Crippen LogP contribution in [0.2, 0.25) is 0 Å². The van der Waals surface area contributed by atoms with Crippen molar-refractivity contribution < 1.29 is 9.53 Å². The molecule has 1 N–H and O–H groups in total. The molecule has 2 heterocycles. The molecule has 0 saturated carbocycles. The Hall–Kier alpha value is -0.610. The maximum atomic E-state index is 12.2. The maximum Gasteiger partial charge on any atom is 0.251 e. The van der Waals surface area contributed by atoms with Crippen molar-refractivity contribution in [3.63, 3.8) is 0 Å². The first-order valence-electron chi connectivity index (χ1n) is 6.76. The fourth-order valence-electron chi connectivity index (χ4n) is 2.77. The minimum atomic E-state index is -0.193. The number of carbonyl (C=O) groups excluding carboxylic acids is 1. The molecule has 0 spiro atoms. The van der Waals surface area contributed by atoms with Crippen molar-refractivity contribution in [3.05, 3.63) is 0 Å². The first-order chi connectivity index (χ1) is 8.18. The smallest absolute Gasteiger partial charge is 0.251 e. The van der Waals surface area contributed by atoms with Gasteiger partial charge in [0, 0.05) is 20.2 Å². The van der Waals surface area contributed by atoms with Crippen LogP contribution in [0.4, 0.5) is 0 Å². The van der Waals surface area contributed by atoms with Gasteiger partial charge in [0.25, 0.3) is 5.91 Å². The fourth-order valence-corrected chi connectivity index (χ4v) is 2.77. The van der Waals surface area contributed by atoms with Crippen LogP contribution < -0.4 is 5.32 Å². The van der Waals surface area contributed by atoms with E-state index < -0.39 is 0 Å². The molecule has 2 saturated heterocycles. The van der Waals surface area contributed by atoms with Gasteiger partial charge in [-0.15, -0.1) is 0 Å². The molecule has 2 fully saturated rings. The third-order valence-electron chi connectivity index (χ3n) is 4.00. The van der Waals surface area contributed by atoms with E-state index in [0.29, 0.717) is 11.8 Å². The average molecular weight is 240 g/mol. The Kier molecular flexibility index (Phi) is 4.40. The summed E-state index contributed by atoms with van der Waals surface area (Å²) in [5.41, 5.74) is 0. The van der Waals surface area contributed by atoms with Crippen LogP contribution in [0.15, 0.2) is 0 Å². The van der Waals surface area contributed by atoms with Crippen LogP contribution in [-0.4, -0.2) is 50.2 Å². The Bertz CT molecular complexity index is 264. The van der Waals surface area contributed by atoms with Crippen molar-refractivity contribution in [1.29, 1.82) is 0 Å². The number of amides is 1. The first kappa shape index (κ1) is 12.8. The van der Waals surface area contributed by atoms with Crippen molar-refractivity contribution >= 4 is 5.91 Å². The van der Waals surface area contributed by atoms with Gasteiger partial charge in [0.05, 0.1) is 0 Å². The lowest BCUT2D eigenvalue weighted by Gasteiger charge is -2.29. The summed E-state index contributed by atoms with van der Waals surface area (Å²) in [6, 6.07) is 0. The highest BCUT2D eigenvalue weighted by Gasteiger charge is 2.33. The zero-order valence-electron chi connectivity index (χ0n) is 10.9. The summed E-state index contributed by atoms with van der Waals surface area (Å²) >= 11 is 0. The molecule has 4 heteroatoms. The summed E-state index contributed by atoms with van der Waals surface area (Å²) < 4.78 is 5.53. The molecule has 2 rings (SSSR count). The van der Waals surface area contributed by atoms with E-state index in [9.17, 15) is 4.79 Å². The number of piperidine rings is 1. The van der Waals surface area contributed by atoms with Gasteiger partial charge in [0.1, 0.15) is 6.10 Å². The number of hydrogen-bond acceptors (Lipinski definition) is 3. The fraction of sp³-hybridized carbons (Fsp3) is 0.923. The average Bonchev–Trinajstić information content (AvgIpc) is 2.76. The zero-order chi connectivity index (χ0) is 12.3. The standard InChI is InChI=1S/C13H24N2O2/c1-10-5-8-17-12(10)13(16)15(2)9-11-3-6-14-7-4-11/h10-12,14H,3-9H2,1-2H3. The quantitative estimate of drug-likeness (QED) is 0.796. The molecular weight excluding hydrogens is 216 g/mol. The summed E-state index contributed by atoms with van der Waals surface area (Å²) in [7, 11) is 1.92. The highest BCUT2D eigenvalue weighted by atomic mass is 16.5. The molecule has 0 radical (unpaired) electrons. The monoisotopic (exact) mass is 240 g/mol. The van der Waals surface area contributed by atoms with Gasteiger partial charge in [0.15, 0.2) is 0 Å². The van der Waals surface area contributed by atoms with E-state index in [1.54, 1.807) is 0 Å². The molecule has 2 aliphatic rings. The number of hydrogen-bond donors (Lipinski definition) is 1. The van der Waals surface area contributed by atoms with Crippen LogP contribution in [0.25, 0.3) is 0 Å². The SMILES string of the molecule is CC1CCOC1C(=O)N(C)CC1CCNCC1. The third-order valence-corrected chi connectivity index (χ3v) is 4.00. The molecule has 0 aliphatic carbocycles. The Morgan fingerprint density at radius 1 is 1.35 bits per heavy atom. The molecule has 2 atom stereocenters. The van der Waals surface area contributed by atoms with E-state index in [2.05, 4.69) is 12.2 Å². The number of nitrogens with one attached hydrogen (secondary N) is 1. The Balaban J connectivity index is 1.81. The van der Waals surface area contributed by atoms with Gasteiger partial charge in [0.2, 0.25) is 0 Å². The predicted molar refractivity (Wildman–Crippen MR) is 66.8 cm³/mol. The highest BCUT2D eigenvalue weighted by Crippen LogP contribution is 2.22. The molecular formula is C13H24N2O2. The lowest BCUT2D eigenvalue weighted by molar-refractivity contribution is -0.141. The molecule has 4 nitrogen and oxygen atoms in total. The van der Waals surface area contributed by atoms with Gasteiger partial charge in [-0.3, -0.25) is 4.79 Å². The van der Waals surface area contributed by atoms with Gasteiger partial charge < -0.3 is 15.0 Å². The van der Waals surface area contributed by atoms with Crippen LogP contribution in [-0.2, 0) is 9.53 Å². The number of rotatable bonds is 3. The second-order valence-corrected chi connectivity index (χ2v) is 5.47. The van der Waals surface area contributed by atoms with E-state index in [4.69, 9.17) is 4.74 Å². The van der Waals surface area contributed by atoms with Gasteiger partial charge >= 0.3 is 0 Å². The molecule has 0 aromatic rings. The van der Waals surface area contributed by atoms with Gasteiger partial charge in [-0.2, -0.15) is 0 Å². The first-order valence-corrected chi connectivity index (χ1v) is 6.76. The number of ether oxygens (including phenoxy) is 1. The van der Waals surface area contributed by atoms with Crippen LogP contribution in [0, 0.1) is 11.8 Å². The number of likely N-dealkylation sites (N-methyl/N-ethyl adjacent to an activating group) is 1. The summed E-state index contributed by atoms with van der Waals surface area (Å²) in [6.07, 6.45) is 3.18. The van der Waals surface area contributed by atoms with Crippen molar-refractivity contribution in [2.24, 2.45) is 11.8 Å².